The average molecular weight is 286 g/mol. The lowest BCUT2D eigenvalue weighted by Crippen LogP contribution is -2.43. The normalized spacial score (nSPS) is 11.4. The summed E-state index contributed by atoms with van der Waals surface area (Å²) in [4.78, 5) is 12.0. The molecule has 0 aromatic heterocycles. The molecule has 0 bridgehead atoms. The highest BCUT2D eigenvalue weighted by Crippen LogP contribution is 2.22. The number of anilines is 1. The minimum absolute atomic E-state index is 0.247. The van der Waals surface area contributed by atoms with Gasteiger partial charge in [0.05, 0.1) is 11.3 Å². The minimum Gasteiger partial charge on any atom is -0.388 e. The van der Waals surface area contributed by atoms with E-state index in [1.54, 1.807) is 0 Å². The second-order valence-electron chi connectivity index (χ2n) is 5.27. The van der Waals surface area contributed by atoms with Gasteiger partial charge in [-0.25, -0.2) is 4.79 Å². The number of urea groups is 1. The third kappa shape index (κ3) is 3.73. The van der Waals surface area contributed by atoms with E-state index in [4.69, 9.17) is 0 Å². The van der Waals surface area contributed by atoms with Gasteiger partial charge in [-0.15, -0.1) is 0 Å². The van der Waals surface area contributed by atoms with Crippen LogP contribution in [0.4, 0.5) is 10.5 Å². The van der Waals surface area contributed by atoms with Gasteiger partial charge < -0.3 is 15.7 Å². The number of hydrogen-bond donors (Lipinski definition) is 3. The Morgan fingerprint density at radius 3 is 2.48 bits per heavy atom. The van der Waals surface area contributed by atoms with Crippen molar-refractivity contribution in [2.24, 2.45) is 0 Å². The number of rotatable bonds is 5. The molecule has 21 heavy (non-hydrogen) atoms. The molecule has 2 rings (SSSR count). The molecule has 0 spiro atoms. The molecule has 0 aliphatic carbocycles. The number of amides is 2. The van der Waals surface area contributed by atoms with Gasteiger partial charge in [-0.2, -0.15) is 0 Å². The maximum absolute atomic E-state index is 12.0. The summed E-state index contributed by atoms with van der Waals surface area (Å²) in [6.07, 6.45) is 1.22. The molecule has 0 aliphatic heterocycles. The van der Waals surface area contributed by atoms with E-state index in [9.17, 15) is 9.90 Å². The van der Waals surface area contributed by atoms with Crippen LogP contribution in [0.5, 0.6) is 0 Å². The third-order valence-electron chi connectivity index (χ3n) is 3.93. The maximum atomic E-state index is 12.0. The summed E-state index contributed by atoms with van der Waals surface area (Å²) < 4.78 is 0. The first-order chi connectivity index (χ1) is 10.1. The number of carbonyl (C=O) groups is 1. The first-order valence-electron chi connectivity index (χ1n) is 7.33. The van der Waals surface area contributed by atoms with Crippen LogP contribution in [0.2, 0.25) is 0 Å². The van der Waals surface area contributed by atoms with Crippen molar-refractivity contribution in [3.05, 3.63) is 42.5 Å². The number of fused-ring (bicyclic) bond motifs is 1. The van der Waals surface area contributed by atoms with Crippen LogP contribution in [0, 0.1) is 0 Å². The zero-order valence-corrected chi connectivity index (χ0v) is 12.5. The molecule has 112 valence electrons. The highest BCUT2D eigenvalue weighted by Gasteiger charge is 2.22. The zero-order chi connectivity index (χ0) is 15.3. The molecule has 0 fully saturated rings. The van der Waals surface area contributed by atoms with Gasteiger partial charge in [-0.05, 0) is 24.3 Å². The Bertz CT molecular complexity index is 616. The minimum atomic E-state index is -0.837. The molecular formula is C17H22N2O2. The highest BCUT2D eigenvalue weighted by molar-refractivity contribution is 6.01. The van der Waals surface area contributed by atoms with Crippen LogP contribution in [-0.2, 0) is 0 Å². The summed E-state index contributed by atoms with van der Waals surface area (Å²) in [5.41, 5.74) is -0.0713. The van der Waals surface area contributed by atoms with Crippen molar-refractivity contribution in [3.8, 4) is 0 Å². The molecule has 2 amide bonds. The van der Waals surface area contributed by atoms with Crippen molar-refractivity contribution < 1.29 is 9.90 Å². The molecule has 4 heteroatoms. The van der Waals surface area contributed by atoms with Crippen molar-refractivity contribution in [2.45, 2.75) is 32.3 Å². The molecule has 0 heterocycles. The predicted molar refractivity (Wildman–Crippen MR) is 86.5 cm³/mol. The number of nitrogens with one attached hydrogen (secondary N) is 2. The Morgan fingerprint density at radius 2 is 1.76 bits per heavy atom. The van der Waals surface area contributed by atoms with Crippen molar-refractivity contribution in [1.29, 1.82) is 0 Å². The average Bonchev–Trinajstić information content (AvgIpc) is 2.53. The van der Waals surface area contributed by atoms with Gasteiger partial charge in [0.2, 0.25) is 0 Å². The number of benzene rings is 2. The molecule has 0 saturated carbocycles. The summed E-state index contributed by atoms with van der Waals surface area (Å²) in [5.74, 6) is 0. The lowest BCUT2D eigenvalue weighted by Gasteiger charge is -2.25. The third-order valence-corrected chi connectivity index (χ3v) is 3.93. The standard InChI is InChI=1S/C17H22N2O2/c1-3-17(21,4-2)12-18-16(20)19-15-11-7-9-13-8-5-6-10-14(13)15/h5-11,21H,3-4,12H2,1-2H3,(H2,18,19,20). The quantitative estimate of drug-likeness (QED) is 0.787. The fourth-order valence-electron chi connectivity index (χ4n) is 2.25. The van der Waals surface area contributed by atoms with Crippen LogP contribution in [0.15, 0.2) is 42.5 Å². The first-order valence-corrected chi connectivity index (χ1v) is 7.33. The zero-order valence-electron chi connectivity index (χ0n) is 12.5. The van der Waals surface area contributed by atoms with Crippen LogP contribution < -0.4 is 10.6 Å². The van der Waals surface area contributed by atoms with Gasteiger partial charge in [-0.1, -0.05) is 50.2 Å². The first kappa shape index (κ1) is 15.3. The number of hydrogen-bond acceptors (Lipinski definition) is 2. The molecule has 0 aliphatic rings. The van der Waals surface area contributed by atoms with E-state index in [0.717, 1.165) is 16.5 Å². The van der Waals surface area contributed by atoms with Crippen molar-refractivity contribution >= 4 is 22.5 Å². The largest absolute Gasteiger partial charge is 0.388 e. The Labute approximate surface area is 125 Å². The molecular weight excluding hydrogens is 264 g/mol. The molecule has 0 radical (unpaired) electrons. The van der Waals surface area contributed by atoms with E-state index in [1.807, 2.05) is 56.3 Å². The molecule has 0 atom stereocenters. The fourth-order valence-corrected chi connectivity index (χ4v) is 2.25. The maximum Gasteiger partial charge on any atom is 0.319 e. The summed E-state index contributed by atoms with van der Waals surface area (Å²) in [7, 11) is 0. The molecule has 2 aromatic carbocycles. The Hall–Kier alpha value is -2.07. The van der Waals surface area contributed by atoms with E-state index in [-0.39, 0.29) is 12.6 Å². The van der Waals surface area contributed by atoms with Crippen LogP contribution in [-0.4, -0.2) is 23.3 Å². The number of aliphatic hydroxyl groups is 1. The molecule has 3 N–H and O–H groups in total. The smallest absolute Gasteiger partial charge is 0.319 e. The van der Waals surface area contributed by atoms with Crippen LogP contribution >= 0.6 is 0 Å². The van der Waals surface area contributed by atoms with Crippen LogP contribution in [0.1, 0.15) is 26.7 Å². The van der Waals surface area contributed by atoms with Crippen LogP contribution in [0.25, 0.3) is 10.8 Å². The lowest BCUT2D eigenvalue weighted by atomic mass is 9.98. The van der Waals surface area contributed by atoms with Crippen molar-refractivity contribution in [2.75, 3.05) is 11.9 Å². The van der Waals surface area contributed by atoms with Gasteiger partial charge >= 0.3 is 6.03 Å². The summed E-state index contributed by atoms with van der Waals surface area (Å²) in [5, 5.41) is 17.8. The van der Waals surface area contributed by atoms with Crippen LogP contribution in [0.3, 0.4) is 0 Å². The van der Waals surface area contributed by atoms with Crippen molar-refractivity contribution in [3.63, 3.8) is 0 Å². The van der Waals surface area contributed by atoms with Gasteiger partial charge in [0, 0.05) is 11.9 Å². The van der Waals surface area contributed by atoms with E-state index in [0.29, 0.717) is 12.8 Å². The van der Waals surface area contributed by atoms with E-state index in [1.165, 1.54) is 0 Å². The van der Waals surface area contributed by atoms with Gasteiger partial charge in [0.15, 0.2) is 0 Å². The summed E-state index contributed by atoms with van der Waals surface area (Å²) in [6.45, 7) is 4.07. The summed E-state index contributed by atoms with van der Waals surface area (Å²) >= 11 is 0. The van der Waals surface area contributed by atoms with Gasteiger partial charge in [0.25, 0.3) is 0 Å². The SMILES string of the molecule is CCC(O)(CC)CNC(=O)Nc1cccc2ccccc12. The van der Waals surface area contributed by atoms with E-state index < -0.39 is 5.60 Å². The monoisotopic (exact) mass is 286 g/mol. The topological polar surface area (TPSA) is 61.4 Å². The Morgan fingerprint density at radius 1 is 1.10 bits per heavy atom. The van der Waals surface area contributed by atoms with Gasteiger partial charge in [0.1, 0.15) is 0 Å². The highest BCUT2D eigenvalue weighted by atomic mass is 16.3. The van der Waals surface area contributed by atoms with Crippen molar-refractivity contribution in [1.82, 2.24) is 5.32 Å². The molecule has 4 nitrogen and oxygen atoms in total. The lowest BCUT2D eigenvalue weighted by molar-refractivity contribution is 0.0354. The molecule has 2 aromatic rings. The summed E-state index contributed by atoms with van der Waals surface area (Å²) in [6, 6.07) is 13.4. The molecule has 0 unspecified atom stereocenters. The Balaban J connectivity index is 2.05. The fraction of sp³-hybridized carbons (Fsp3) is 0.353. The predicted octanol–water partition coefficient (Wildman–Crippen LogP) is 3.51. The van der Waals surface area contributed by atoms with E-state index in [2.05, 4.69) is 10.6 Å². The molecule has 0 saturated heterocycles. The van der Waals surface area contributed by atoms with E-state index >= 15 is 0 Å². The Kier molecular flexibility index (Phi) is 4.81. The second kappa shape index (κ2) is 6.59. The second-order valence-corrected chi connectivity index (χ2v) is 5.27. The number of carbonyl (C=O) groups excluding carboxylic acids is 1. The van der Waals surface area contributed by atoms with Gasteiger partial charge in [-0.3, -0.25) is 0 Å².